The van der Waals surface area contributed by atoms with E-state index in [1.807, 2.05) is 53.9 Å². The van der Waals surface area contributed by atoms with Crippen LogP contribution in [0.4, 0.5) is 0 Å². The topological polar surface area (TPSA) is 79.1 Å². The molecular formula is C28H24N2O5S2. The van der Waals surface area contributed by atoms with Gasteiger partial charge in [0.05, 0.1) is 30.0 Å². The standard InChI is InChI=1S/C28H24N2O5S2/c1-17-24(27(32)35-16-18-8-5-4-6-9-18)25(22-10-7-13-36-22)30-26(31)23(37-28(30)29-17)15-19-14-20(33-2)11-12-21(19)34-3/h4-15,25H,16H2,1-3H3/b23-15+/t25-/m1/s1. The van der Waals surface area contributed by atoms with Crippen LogP contribution in [0.2, 0.25) is 0 Å². The number of hydrogen-bond donors (Lipinski definition) is 0. The lowest BCUT2D eigenvalue weighted by Gasteiger charge is -2.23. The third-order valence-corrected chi connectivity index (χ3v) is 7.90. The lowest BCUT2D eigenvalue weighted by molar-refractivity contribution is -0.140. The zero-order valence-electron chi connectivity index (χ0n) is 20.5. The van der Waals surface area contributed by atoms with Crippen LogP contribution in [-0.2, 0) is 16.1 Å². The molecule has 0 bridgehead atoms. The van der Waals surface area contributed by atoms with Crippen LogP contribution in [0.15, 0.2) is 87.1 Å². The molecule has 0 radical (unpaired) electrons. The predicted molar refractivity (Wildman–Crippen MR) is 144 cm³/mol. The molecule has 1 aliphatic rings. The summed E-state index contributed by atoms with van der Waals surface area (Å²) in [6, 6.07) is 18.1. The number of thiophene rings is 1. The second-order valence-corrected chi connectivity index (χ2v) is 10.3. The van der Waals surface area contributed by atoms with Gasteiger partial charge in [0.1, 0.15) is 24.1 Å². The van der Waals surface area contributed by atoms with Gasteiger partial charge in [0.25, 0.3) is 5.56 Å². The summed E-state index contributed by atoms with van der Waals surface area (Å²) >= 11 is 2.75. The van der Waals surface area contributed by atoms with Crippen LogP contribution in [-0.4, -0.2) is 24.8 Å². The molecule has 9 heteroatoms. The fourth-order valence-electron chi connectivity index (χ4n) is 4.19. The highest BCUT2D eigenvalue weighted by atomic mass is 32.1. The Hall–Kier alpha value is -3.95. The minimum Gasteiger partial charge on any atom is -0.497 e. The Morgan fingerprint density at radius 2 is 1.89 bits per heavy atom. The Morgan fingerprint density at radius 1 is 1.08 bits per heavy atom. The molecule has 0 N–H and O–H groups in total. The number of hydrogen-bond acceptors (Lipinski definition) is 8. The highest BCUT2D eigenvalue weighted by Gasteiger charge is 2.34. The summed E-state index contributed by atoms with van der Waals surface area (Å²) in [5, 5.41) is 1.93. The SMILES string of the molecule is COc1ccc(OC)c(/C=c2/sc3n(c2=O)[C@H](c2cccs2)C(C(=O)OCc2ccccc2)=C(C)N=3)c1. The summed E-state index contributed by atoms with van der Waals surface area (Å²) in [4.78, 5) is 33.2. The van der Waals surface area contributed by atoms with Crippen LogP contribution < -0.4 is 24.4 Å². The normalized spacial score (nSPS) is 15.2. The maximum atomic E-state index is 13.8. The molecule has 37 heavy (non-hydrogen) atoms. The number of benzene rings is 2. The van der Waals surface area contributed by atoms with Crippen molar-refractivity contribution in [2.75, 3.05) is 14.2 Å². The van der Waals surface area contributed by atoms with Gasteiger partial charge in [0, 0.05) is 10.4 Å². The van der Waals surface area contributed by atoms with Crippen LogP contribution in [0, 0.1) is 0 Å². The molecular weight excluding hydrogens is 508 g/mol. The van der Waals surface area contributed by atoms with Crippen LogP contribution in [0.3, 0.4) is 0 Å². The van der Waals surface area contributed by atoms with Gasteiger partial charge in [0.15, 0.2) is 4.80 Å². The van der Waals surface area contributed by atoms with Gasteiger partial charge in [-0.3, -0.25) is 9.36 Å². The van der Waals surface area contributed by atoms with Crippen molar-refractivity contribution in [3.05, 3.63) is 113 Å². The first-order valence-corrected chi connectivity index (χ1v) is 13.2. The molecule has 1 atom stereocenters. The van der Waals surface area contributed by atoms with E-state index in [1.165, 1.54) is 22.7 Å². The lowest BCUT2D eigenvalue weighted by Crippen LogP contribution is -2.39. The van der Waals surface area contributed by atoms with E-state index in [9.17, 15) is 9.59 Å². The van der Waals surface area contributed by atoms with E-state index >= 15 is 0 Å². The molecule has 1 aliphatic heterocycles. The molecule has 2 aromatic carbocycles. The van der Waals surface area contributed by atoms with Gasteiger partial charge in [-0.2, -0.15) is 0 Å². The molecule has 0 unspecified atom stereocenters. The molecule has 0 fully saturated rings. The largest absolute Gasteiger partial charge is 0.497 e. The number of aromatic nitrogens is 1. The molecule has 188 valence electrons. The number of carbonyl (C=O) groups excluding carboxylic acids is 1. The van der Waals surface area contributed by atoms with Crippen molar-refractivity contribution in [1.29, 1.82) is 0 Å². The van der Waals surface area contributed by atoms with E-state index in [2.05, 4.69) is 4.99 Å². The number of thiazole rings is 1. The van der Waals surface area contributed by atoms with E-state index in [1.54, 1.807) is 43.9 Å². The van der Waals surface area contributed by atoms with E-state index < -0.39 is 12.0 Å². The molecule has 4 aromatic rings. The van der Waals surface area contributed by atoms with Crippen molar-refractivity contribution >= 4 is 34.7 Å². The Labute approximate surface area is 221 Å². The summed E-state index contributed by atoms with van der Waals surface area (Å²) in [6.07, 6.45) is 1.77. The second kappa shape index (κ2) is 10.6. The molecule has 0 aliphatic carbocycles. The van der Waals surface area contributed by atoms with Gasteiger partial charge in [-0.15, -0.1) is 11.3 Å². The Balaban J connectivity index is 1.60. The van der Waals surface area contributed by atoms with E-state index in [-0.39, 0.29) is 12.2 Å². The highest BCUT2D eigenvalue weighted by Crippen LogP contribution is 2.33. The zero-order valence-corrected chi connectivity index (χ0v) is 22.1. The molecule has 3 heterocycles. The first-order valence-electron chi connectivity index (χ1n) is 11.5. The summed E-state index contributed by atoms with van der Waals surface area (Å²) in [6.45, 7) is 1.91. The van der Waals surface area contributed by atoms with Gasteiger partial charge >= 0.3 is 5.97 Å². The molecule has 5 rings (SSSR count). The number of fused-ring (bicyclic) bond motifs is 1. The van der Waals surface area contributed by atoms with Crippen molar-refractivity contribution in [3.63, 3.8) is 0 Å². The van der Waals surface area contributed by atoms with Crippen LogP contribution in [0.25, 0.3) is 6.08 Å². The fourth-order valence-corrected chi connectivity index (χ4v) is 6.05. The molecule has 2 aromatic heterocycles. The number of allylic oxidation sites excluding steroid dienone is 1. The Bertz CT molecular complexity index is 1650. The molecule has 0 amide bonds. The van der Waals surface area contributed by atoms with Crippen molar-refractivity contribution in [2.45, 2.75) is 19.6 Å². The minimum atomic E-state index is -0.631. The monoisotopic (exact) mass is 532 g/mol. The van der Waals surface area contributed by atoms with Crippen molar-refractivity contribution < 1.29 is 19.0 Å². The average Bonchev–Trinajstić information content (AvgIpc) is 3.55. The third-order valence-electron chi connectivity index (χ3n) is 5.99. The number of rotatable bonds is 7. The van der Waals surface area contributed by atoms with Crippen molar-refractivity contribution in [1.82, 2.24) is 4.57 Å². The lowest BCUT2D eigenvalue weighted by atomic mass is 10.0. The second-order valence-electron chi connectivity index (χ2n) is 8.27. The summed E-state index contributed by atoms with van der Waals surface area (Å²) in [5.41, 5.74) is 2.23. The summed E-state index contributed by atoms with van der Waals surface area (Å²) in [7, 11) is 3.16. The number of nitrogens with zero attached hydrogens (tertiary/aromatic N) is 2. The van der Waals surface area contributed by atoms with E-state index in [0.717, 1.165) is 10.4 Å². The molecule has 0 saturated carbocycles. The maximum Gasteiger partial charge on any atom is 0.338 e. The average molecular weight is 533 g/mol. The highest BCUT2D eigenvalue weighted by molar-refractivity contribution is 7.10. The number of methoxy groups -OCH3 is 2. The zero-order chi connectivity index (χ0) is 25.9. The molecule has 7 nitrogen and oxygen atoms in total. The smallest absolute Gasteiger partial charge is 0.338 e. The third kappa shape index (κ3) is 4.87. The van der Waals surface area contributed by atoms with Gasteiger partial charge in [-0.1, -0.05) is 47.7 Å². The first kappa shape index (κ1) is 24.7. The maximum absolute atomic E-state index is 13.8. The molecule has 0 saturated heterocycles. The van der Waals surface area contributed by atoms with Crippen LogP contribution >= 0.6 is 22.7 Å². The predicted octanol–water partition coefficient (Wildman–Crippen LogP) is 4.06. The molecule has 0 spiro atoms. The summed E-state index contributed by atoms with van der Waals surface area (Å²) < 4.78 is 18.6. The Morgan fingerprint density at radius 3 is 2.59 bits per heavy atom. The van der Waals surface area contributed by atoms with Crippen molar-refractivity contribution in [3.8, 4) is 11.5 Å². The van der Waals surface area contributed by atoms with Gasteiger partial charge < -0.3 is 14.2 Å². The Kier molecular flexibility index (Phi) is 7.07. The van der Waals surface area contributed by atoms with E-state index in [4.69, 9.17) is 14.2 Å². The van der Waals surface area contributed by atoms with Crippen LogP contribution in [0.1, 0.15) is 29.0 Å². The van der Waals surface area contributed by atoms with E-state index in [0.29, 0.717) is 37.7 Å². The fraction of sp³-hybridized carbons (Fsp3) is 0.179. The number of esters is 1. The van der Waals surface area contributed by atoms with Gasteiger partial charge in [0.2, 0.25) is 0 Å². The van der Waals surface area contributed by atoms with Crippen LogP contribution in [0.5, 0.6) is 11.5 Å². The van der Waals surface area contributed by atoms with Gasteiger partial charge in [-0.25, -0.2) is 9.79 Å². The van der Waals surface area contributed by atoms with Gasteiger partial charge in [-0.05, 0) is 48.2 Å². The summed E-state index contributed by atoms with van der Waals surface area (Å²) in [5.74, 6) is 0.769. The quantitative estimate of drug-likeness (QED) is 0.336. The minimum absolute atomic E-state index is 0.133. The van der Waals surface area contributed by atoms with Crippen molar-refractivity contribution in [2.24, 2.45) is 4.99 Å². The number of ether oxygens (including phenoxy) is 3. The number of carbonyl (C=O) groups is 1. The first-order chi connectivity index (χ1) is 18.0.